The number of H-pyrrole nitrogens is 1. The zero-order chi connectivity index (χ0) is 14.1. The summed E-state index contributed by atoms with van der Waals surface area (Å²) in [7, 11) is 0. The molecule has 3 rings (SSSR count). The maximum atomic E-state index is 10.9. The standard InChI is InChI=1S/C14H11N3O3/c1-8-2-4-9(5-3-8)20-11-7-15-6-10-12(11)17-13(16-10)14(18)19/h2-7H,1H3,(H,16,17)(H,18,19). The maximum Gasteiger partial charge on any atom is 0.371 e. The third-order valence-corrected chi connectivity index (χ3v) is 2.81. The molecule has 0 saturated carbocycles. The molecule has 0 amide bonds. The lowest BCUT2D eigenvalue weighted by molar-refractivity contribution is 0.0685. The number of nitrogens with zero attached hydrogens (tertiary/aromatic N) is 2. The highest BCUT2D eigenvalue weighted by Gasteiger charge is 2.13. The Morgan fingerprint density at radius 3 is 2.70 bits per heavy atom. The van der Waals surface area contributed by atoms with E-state index in [9.17, 15) is 4.79 Å². The summed E-state index contributed by atoms with van der Waals surface area (Å²) < 4.78 is 5.70. The van der Waals surface area contributed by atoms with Crippen LogP contribution in [-0.4, -0.2) is 26.0 Å². The molecule has 2 aromatic heterocycles. The molecule has 2 N–H and O–H groups in total. The van der Waals surface area contributed by atoms with E-state index in [1.807, 2.05) is 31.2 Å². The van der Waals surface area contributed by atoms with Gasteiger partial charge in [-0.05, 0) is 19.1 Å². The number of benzene rings is 1. The summed E-state index contributed by atoms with van der Waals surface area (Å²) >= 11 is 0. The van der Waals surface area contributed by atoms with Gasteiger partial charge in [0.2, 0.25) is 5.82 Å². The Hall–Kier alpha value is -2.89. The Labute approximate surface area is 114 Å². The predicted octanol–water partition coefficient (Wildman–Crippen LogP) is 2.76. The Balaban J connectivity index is 2.02. The van der Waals surface area contributed by atoms with E-state index < -0.39 is 5.97 Å². The summed E-state index contributed by atoms with van der Waals surface area (Å²) in [5.74, 6) is -0.205. The number of fused-ring (bicyclic) bond motifs is 1. The quantitative estimate of drug-likeness (QED) is 0.763. The monoisotopic (exact) mass is 269 g/mol. The molecule has 0 aliphatic carbocycles. The third kappa shape index (κ3) is 2.18. The Bertz CT molecular complexity index is 778. The molecule has 0 radical (unpaired) electrons. The molecular formula is C14H11N3O3. The number of hydrogen-bond acceptors (Lipinski definition) is 4. The minimum atomic E-state index is -1.12. The van der Waals surface area contributed by atoms with E-state index in [1.165, 1.54) is 12.4 Å². The summed E-state index contributed by atoms with van der Waals surface area (Å²) in [6.07, 6.45) is 3.02. The van der Waals surface area contributed by atoms with Gasteiger partial charge in [0.1, 0.15) is 11.3 Å². The van der Waals surface area contributed by atoms with Crippen molar-refractivity contribution in [2.75, 3.05) is 0 Å². The van der Waals surface area contributed by atoms with Crippen LogP contribution in [0.5, 0.6) is 11.5 Å². The fraction of sp³-hybridized carbons (Fsp3) is 0.0714. The fourth-order valence-corrected chi connectivity index (χ4v) is 1.82. The lowest BCUT2D eigenvalue weighted by Gasteiger charge is -2.05. The van der Waals surface area contributed by atoms with Crippen molar-refractivity contribution in [2.24, 2.45) is 0 Å². The number of aryl methyl sites for hydroxylation is 1. The lowest BCUT2D eigenvalue weighted by atomic mass is 10.2. The molecule has 0 aliphatic rings. The lowest BCUT2D eigenvalue weighted by Crippen LogP contribution is -1.97. The summed E-state index contributed by atoms with van der Waals surface area (Å²) in [5.41, 5.74) is 2.09. The van der Waals surface area contributed by atoms with Gasteiger partial charge in [-0.3, -0.25) is 4.98 Å². The van der Waals surface area contributed by atoms with E-state index in [0.29, 0.717) is 22.5 Å². The van der Waals surface area contributed by atoms with Crippen LogP contribution in [0.2, 0.25) is 0 Å². The average Bonchev–Trinajstić information content (AvgIpc) is 2.87. The molecule has 6 nitrogen and oxygen atoms in total. The van der Waals surface area contributed by atoms with Gasteiger partial charge in [-0.2, -0.15) is 0 Å². The van der Waals surface area contributed by atoms with Crippen molar-refractivity contribution in [3.05, 3.63) is 48.0 Å². The second kappa shape index (κ2) is 4.65. The smallest absolute Gasteiger partial charge is 0.371 e. The minimum Gasteiger partial charge on any atom is -0.475 e. The predicted molar refractivity (Wildman–Crippen MR) is 72.1 cm³/mol. The number of nitrogens with one attached hydrogen (secondary N) is 1. The number of ether oxygens (including phenoxy) is 1. The molecule has 20 heavy (non-hydrogen) atoms. The number of carboxylic acids is 1. The minimum absolute atomic E-state index is 0.137. The van der Waals surface area contributed by atoms with Gasteiger partial charge in [0.15, 0.2) is 5.75 Å². The van der Waals surface area contributed by atoms with Gasteiger partial charge in [-0.1, -0.05) is 17.7 Å². The molecule has 100 valence electrons. The molecule has 3 aromatic rings. The van der Waals surface area contributed by atoms with E-state index in [1.54, 1.807) is 0 Å². The molecule has 0 saturated heterocycles. The number of aromatic nitrogens is 3. The van der Waals surface area contributed by atoms with Crippen LogP contribution in [0.4, 0.5) is 0 Å². The number of pyridine rings is 1. The van der Waals surface area contributed by atoms with Crippen LogP contribution < -0.4 is 4.74 Å². The van der Waals surface area contributed by atoms with E-state index in [-0.39, 0.29) is 5.82 Å². The van der Waals surface area contributed by atoms with Crippen LogP contribution in [0.25, 0.3) is 11.0 Å². The normalized spacial score (nSPS) is 10.7. The molecule has 0 spiro atoms. The summed E-state index contributed by atoms with van der Waals surface area (Å²) in [4.78, 5) is 21.6. The zero-order valence-corrected chi connectivity index (χ0v) is 10.6. The van der Waals surface area contributed by atoms with Gasteiger partial charge in [-0.15, -0.1) is 0 Å². The van der Waals surface area contributed by atoms with Crippen molar-refractivity contribution >= 4 is 17.0 Å². The van der Waals surface area contributed by atoms with Crippen LogP contribution in [0, 0.1) is 6.92 Å². The Morgan fingerprint density at radius 1 is 1.25 bits per heavy atom. The Kier molecular flexibility index (Phi) is 2.83. The van der Waals surface area contributed by atoms with Crippen molar-refractivity contribution in [3.8, 4) is 11.5 Å². The number of carbonyl (C=O) groups is 1. The van der Waals surface area contributed by atoms with Gasteiger partial charge >= 0.3 is 5.97 Å². The van der Waals surface area contributed by atoms with Gasteiger partial charge in [0, 0.05) is 0 Å². The second-order valence-corrected chi connectivity index (χ2v) is 4.34. The first-order valence-electron chi connectivity index (χ1n) is 5.95. The zero-order valence-electron chi connectivity index (χ0n) is 10.6. The summed E-state index contributed by atoms with van der Waals surface area (Å²) in [6, 6.07) is 7.52. The molecule has 0 atom stereocenters. The largest absolute Gasteiger partial charge is 0.475 e. The van der Waals surface area contributed by atoms with Crippen molar-refractivity contribution < 1.29 is 14.6 Å². The van der Waals surface area contributed by atoms with E-state index >= 15 is 0 Å². The van der Waals surface area contributed by atoms with Crippen molar-refractivity contribution in [2.45, 2.75) is 6.92 Å². The van der Waals surface area contributed by atoms with E-state index in [4.69, 9.17) is 9.84 Å². The summed E-state index contributed by atoms with van der Waals surface area (Å²) in [6.45, 7) is 1.99. The van der Waals surface area contributed by atoms with Gasteiger partial charge in [0.25, 0.3) is 0 Å². The molecule has 0 unspecified atom stereocenters. The number of rotatable bonds is 3. The first-order valence-corrected chi connectivity index (χ1v) is 5.95. The highest BCUT2D eigenvalue weighted by atomic mass is 16.5. The van der Waals surface area contributed by atoms with Crippen molar-refractivity contribution in [1.82, 2.24) is 15.0 Å². The van der Waals surface area contributed by atoms with E-state index in [0.717, 1.165) is 5.56 Å². The molecule has 0 bridgehead atoms. The first kappa shape index (κ1) is 12.2. The Morgan fingerprint density at radius 2 is 2.00 bits per heavy atom. The van der Waals surface area contributed by atoms with Gasteiger partial charge in [-0.25, -0.2) is 9.78 Å². The maximum absolute atomic E-state index is 10.9. The highest BCUT2D eigenvalue weighted by molar-refractivity contribution is 5.90. The third-order valence-electron chi connectivity index (χ3n) is 2.81. The van der Waals surface area contributed by atoms with Crippen LogP contribution in [0.15, 0.2) is 36.7 Å². The first-order chi connectivity index (χ1) is 9.63. The molecule has 0 aliphatic heterocycles. The molecule has 2 heterocycles. The number of carboxylic acid groups (broad SMARTS) is 1. The number of aromatic carboxylic acids is 1. The van der Waals surface area contributed by atoms with E-state index in [2.05, 4.69) is 15.0 Å². The van der Waals surface area contributed by atoms with Gasteiger partial charge in [0.05, 0.1) is 17.9 Å². The van der Waals surface area contributed by atoms with Crippen LogP contribution in [-0.2, 0) is 0 Å². The van der Waals surface area contributed by atoms with Crippen molar-refractivity contribution in [3.63, 3.8) is 0 Å². The molecular weight excluding hydrogens is 258 g/mol. The number of aromatic amines is 1. The van der Waals surface area contributed by atoms with Crippen LogP contribution >= 0.6 is 0 Å². The topological polar surface area (TPSA) is 88.1 Å². The molecule has 0 fully saturated rings. The fourth-order valence-electron chi connectivity index (χ4n) is 1.82. The SMILES string of the molecule is Cc1ccc(Oc2cncc3[nH]c(C(=O)O)nc23)cc1. The summed E-state index contributed by atoms with van der Waals surface area (Å²) in [5, 5.41) is 8.94. The molecule has 6 heteroatoms. The van der Waals surface area contributed by atoms with Crippen LogP contribution in [0.1, 0.15) is 16.2 Å². The van der Waals surface area contributed by atoms with Gasteiger partial charge < -0.3 is 14.8 Å². The second-order valence-electron chi connectivity index (χ2n) is 4.34. The highest BCUT2D eigenvalue weighted by Crippen LogP contribution is 2.27. The average molecular weight is 269 g/mol. The number of hydrogen-bond donors (Lipinski definition) is 2. The molecule has 1 aromatic carbocycles. The number of imidazole rings is 1. The van der Waals surface area contributed by atoms with Crippen molar-refractivity contribution in [1.29, 1.82) is 0 Å². The van der Waals surface area contributed by atoms with Crippen LogP contribution in [0.3, 0.4) is 0 Å².